The molecular weight excluding hydrogens is 478 g/mol. The second-order valence-corrected chi connectivity index (χ2v) is 8.61. The number of nitro groups is 1. The molecule has 3 aromatic rings. The third-order valence-electron chi connectivity index (χ3n) is 3.95. The van der Waals surface area contributed by atoms with E-state index < -0.39 is 29.3 Å². The Morgan fingerprint density at radius 3 is 2.50 bits per heavy atom. The molecule has 12 heteroatoms. The van der Waals surface area contributed by atoms with E-state index in [0.717, 1.165) is 22.3 Å². The molecule has 0 fully saturated rings. The number of nitrogens with zero attached hydrogens (tertiary/aromatic N) is 1. The fourth-order valence-electron chi connectivity index (χ4n) is 2.48. The van der Waals surface area contributed by atoms with Crippen LogP contribution in [0.2, 0.25) is 5.02 Å². The third kappa shape index (κ3) is 5.84. The van der Waals surface area contributed by atoms with Crippen molar-refractivity contribution in [3.05, 3.63) is 80.2 Å². The van der Waals surface area contributed by atoms with Gasteiger partial charge in [0.05, 0.1) is 16.1 Å². The van der Waals surface area contributed by atoms with Gasteiger partial charge in [-0.15, -0.1) is 11.3 Å². The number of hydrogen-bond donors (Lipinski definition) is 2. The number of halogens is 1. The predicted molar refractivity (Wildman–Crippen MR) is 120 cm³/mol. The summed E-state index contributed by atoms with van der Waals surface area (Å²) in [5.74, 6) is -2.32. The molecular formula is C20H14ClN3O6S2. The van der Waals surface area contributed by atoms with Gasteiger partial charge in [-0.1, -0.05) is 23.4 Å². The van der Waals surface area contributed by atoms with Crippen molar-refractivity contribution in [2.45, 2.75) is 9.79 Å². The number of esters is 1. The number of thiophene rings is 1. The second-order valence-electron chi connectivity index (χ2n) is 6.15. The van der Waals surface area contributed by atoms with Gasteiger partial charge in [-0.05, 0) is 41.8 Å². The number of benzene rings is 2. The van der Waals surface area contributed by atoms with Crippen LogP contribution in [-0.2, 0) is 9.53 Å². The van der Waals surface area contributed by atoms with Crippen molar-refractivity contribution >= 4 is 63.2 Å². The molecule has 0 spiro atoms. The lowest BCUT2D eigenvalue weighted by Crippen LogP contribution is -2.22. The Kier molecular flexibility index (Phi) is 7.46. The summed E-state index contributed by atoms with van der Waals surface area (Å²) >= 11 is 8.15. The Hall–Kier alpha value is -3.41. The predicted octanol–water partition coefficient (Wildman–Crippen LogP) is 4.36. The first-order chi connectivity index (χ1) is 15.2. The summed E-state index contributed by atoms with van der Waals surface area (Å²) < 4.78 is 5.05. The number of nitrogens with one attached hydrogen (secondary N) is 1. The van der Waals surface area contributed by atoms with Crippen molar-refractivity contribution in [2.75, 3.05) is 11.9 Å². The normalized spacial score (nSPS) is 10.4. The fraction of sp³-hybridized carbons (Fsp3) is 0.0500. The number of amides is 2. The number of non-ortho nitro benzene ring substituents is 1. The van der Waals surface area contributed by atoms with E-state index in [1.807, 2.05) is 0 Å². The van der Waals surface area contributed by atoms with E-state index in [0.29, 0.717) is 9.92 Å². The van der Waals surface area contributed by atoms with Gasteiger partial charge in [-0.2, -0.15) is 0 Å². The molecule has 3 rings (SSSR count). The second kappa shape index (κ2) is 10.3. The number of carbonyl (C=O) groups is 3. The molecule has 0 saturated heterocycles. The van der Waals surface area contributed by atoms with Crippen LogP contribution in [0, 0.1) is 10.1 Å². The number of rotatable bonds is 8. The largest absolute Gasteiger partial charge is 0.452 e. The highest BCUT2D eigenvalue weighted by molar-refractivity contribution is 7.99. The average molecular weight is 492 g/mol. The first-order valence-electron chi connectivity index (χ1n) is 8.80. The molecule has 1 aromatic heterocycles. The van der Waals surface area contributed by atoms with Crippen LogP contribution in [0.3, 0.4) is 0 Å². The van der Waals surface area contributed by atoms with Gasteiger partial charge in [0.2, 0.25) is 0 Å². The van der Waals surface area contributed by atoms with Crippen LogP contribution >= 0.6 is 34.7 Å². The zero-order valence-electron chi connectivity index (χ0n) is 16.1. The number of nitro benzene ring substituents is 1. The molecule has 1 heterocycles. The molecule has 0 aliphatic heterocycles. The molecule has 32 heavy (non-hydrogen) atoms. The van der Waals surface area contributed by atoms with Gasteiger partial charge in [-0.3, -0.25) is 19.7 Å². The summed E-state index contributed by atoms with van der Waals surface area (Å²) in [6.45, 7) is -0.664. The van der Waals surface area contributed by atoms with Crippen LogP contribution in [0.4, 0.5) is 10.7 Å². The highest BCUT2D eigenvalue weighted by Gasteiger charge is 2.20. The van der Waals surface area contributed by atoms with Crippen molar-refractivity contribution in [1.82, 2.24) is 0 Å². The number of anilines is 1. The Morgan fingerprint density at radius 2 is 1.84 bits per heavy atom. The molecule has 9 nitrogen and oxygen atoms in total. The summed E-state index contributed by atoms with van der Waals surface area (Å²) in [4.78, 5) is 47.8. The van der Waals surface area contributed by atoms with Gasteiger partial charge < -0.3 is 15.8 Å². The molecule has 2 amide bonds. The summed E-state index contributed by atoms with van der Waals surface area (Å²) in [5.41, 5.74) is 4.99. The lowest BCUT2D eigenvalue weighted by atomic mass is 10.2. The van der Waals surface area contributed by atoms with Gasteiger partial charge in [0.15, 0.2) is 6.61 Å². The number of carbonyl (C=O) groups excluding carboxylic acids is 3. The molecule has 0 aliphatic carbocycles. The van der Waals surface area contributed by atoms with E-state index in [-0.39, 0.29) is 21.8 Å². The molecule has 0 aliphatic rings. The lowest BCUT2D eigenvalue weighted by molar-refractivity contribution is -0.384. The zero-order valence-corrected chi connectivity index (χ0v) is 18.5. The van der Waals surface area contributed by atoms with E-state index in [1.165, 1.54) is 30.0 Å². The minimum Gasteiger partial charge on any atom is -0.452 e. The fourth-order valence-corrected chi connectivity index (χ4v) is 4.33. The molecule has 0 unspecified atom stereocenters. The maximum absolute atomic E-state index is 12.6. The Labute approximate surface area is 194 Å². The topological polar surface area (TPSA) is 142 Å². The lowest BCUT2D eigenvalue weighted by Gasteiger charge is -2.10. The zero-order chi connectivity index (χ0) is 23.3. The van der Waals surface area contributed by atoms with Crippen LogP contribution in [0.15, 0.2) is 63.7 Å². The number of nitrogens with two attached hydrogens (primary N) is 1. The number of ether oxygens (including phenoxy) is 1. The smallest absolute Gasteiger partial charge is 0.340 e. The van der Waals surface area contributed by atoms with E-state index in [9.17, 15) is 24.5 Å². The highest BCUT2D eigenvalue weighted by Crippen LogP contribution is 2.33. The first kappa shape index (κ1) is 23.3. The minimum atomic E-state index is -0.915. The highest BCUT2D eigenvalue weighted by atomic mass is 35.5. The third-order valence-corrected chi connectivity index (χ3v) is 6.12. The van der Waals surface area contributed by atoms with Gasteiger partial charge in [0.25, 0.3) is 17.5 Å². The van der Waals surface area contributed by atoms with Crippen LogP contribution in [0.1, 0.15) is 20.7 Å². The summed E-state index contributed by atoms with van der Waals surface area (Å²) in [6.07, 6.45) is 0. The first-order valence-corrected chi connectivity index (χ1v) is 10.9. The SMILES string of the molecule is NC(=O)c1ccsc1NC(=O)COC(=O)c1cc([N+](=O)[O-])ccc1Sc1ccc(Cl)cc1. The number of hydrogen-bond acceptors (Lipinski definition) is 8. The molecule has 0 atom stereocenters. The summed E-state index contributed by atoms with van der Waals surface area (Å²) in [6, 6.07) is 12.0. The molecule has 164 valence electrons. The Balaban J connectivity index is 1.75. The maximum atomic E-state index is 12.6. The standard InChI is InChI=1S/C20H14ClN3O6S2/c21-11-1-4-13(5-2-11)32-16-6-3-12(24(28)29)9-15(16)20(27)30-10-17(25)23-19-14(18(22)26)7-8-31-19/h1-9H,10H2,(H2,22,26)(H,23,25). The van der Waals surface area contributed by atoms with Crippen LogP contribution in [0.25, 0.3) is 0 Å². The van der Waals surface area contributed by atoms with Crippen molar-refractivity contribution in [1.29, 1.82) is 0 Å². The van der Waals surface area contributed by atoms with Gasteiger partial charge in [0, 0.05) is 26.9 Å². The Morgan fingerprint density at radius 1 is 1.12 bits per heavy atom. The van der Waals surface area contributed by atoms with E-state index in [2.05, 4.69) is 5.32 Å². The van der Waals surface area contributed by atoms with Crippen molar-refractivity contribution in [3.63, 3.8) is 0 Å². The molecule has 0 bridgehead atoms. The average Bonchev–Trinajstić information content (AvgIpc) is 3.22. The summed E-state index contributed by atoms with van der Waals surface area (Å²) in [5, 5.41) is 15.9. The van der Waals surface area contributed by atoms with E-state index in [4.69, 9.17) is 22.1 Å². The van der Waals surface area contributed by atoms with E-state index in [1.54, 1.807) is 29.6 Å². The molecule has 3 N–H and O–H groups in total. The van der Waals surface area contributed by atoms with Crippen molar-refractivity contribution in [2.24, 2.45) is 5.73 Å². The van der Waals surface area contributed by atoms with Crippen LogP contribution < -0.4 is 11.1 Å². The van der Waals surface area contributed by atoms with Crippen molar-refractivity contribution < 1.29 is 24.0 Å². The van der Waals surface area contributed by atoms with Crippen molar-refractivity contribution in [3.8, 4) is 0 Å². The van der Waals surface area contributed by atoms with E-state index >= 15 is 0 Å². The Bertz CT molecular complexity index is 1200. The van der Waals surface area contributed by atoms with Gasteiger partial charge in [0.1, 0.15) is 5.00 Å². The molecule has 0 radical (unpaired) electrons. The van der Waals surface area contributed by atoms with Gasteiger partial charge >= 0.3 is 5.97 Å². The number of primary amides is 1. The van der Waals surface area contributed by atoms with Gasteiger partial charge in [-0.25, -0.2) is 4.79 Å². The maximum Gasteiger partial charge on any atom is 0.340 e. The molecule has 0 saturated carbocycles. The molecule has 2 aromatic carbocycles. The quantitative estimate of drug-likeness (QED) is 0.271. The van der Waals surface area contributed by atoms with Crippen LogP contribution in [-0.4, -0.2) is 29.3 Å². The monoisotopic (exact) mass is 491 g/mol. The minimum absolute atomic E-state index is 0.0686. The summed E-state index contributed by atoms with van der Waals surface area (Å²) in [7, 11) is 0. The van der Waals surface area contributed by atoms with Crippen LogP contribution in [0.5, 0.6) is 0 Å².